The van der Waals surface area contributed by atoms with Gasteiger partial charge in [-0.25, -0.2) is 0 Å². The van der Waals surface area contributed by atoms with Gasteiger partial charge in [0.15, 0.2) is 0 Å². The third-order valence-corrected chi connectivity index (χ3v) is 5.20. The van der Waals surface area contributed by atoms with Crippen molar-refractivity contribution in [2.75, 3.05) is 26.2 Å². The number of rotatable bonds is 5. The van der Waals surface area contributed by atoms with E-state index in [1.807, 2.05) is 18.2 Å². The molecule has 2 heterocycles. The summed E-state index contributed by atoms with van der Waals surface area (Å²) < 4.78 is 5.77. The lowest BCUT2D eigenvalue weighted by molar-refractivity contribution is -0.126. The highest BCUT2D eigenvalue weighted by Crippen LogP contribution is 2.26. The van der Waals surface area contributed by atoms with Gasteiger partial charge < -0.3 is 15.0 Å². The maximum atomic E-state index is 13.0. The summed E-state index contributed by atoms with van der Waals surface area (Å²) in [4.78, 5) is 15.5. The number of benzene rings is 1. The molecule has 0 radical (unpaired) electrons. The lowest BCUT2D eigenvalue weighted by Gasteiger charge is -2.36. The third-order valence-electron chi connectivity index (χ3n) is 5.20. The highest BCUT2D eigenvalue weighted by atomic mass is 16.5. The normalized spacial score (nSPS) is 25.3. The van der Waals surface area contributed by atoms with E-state index in [9.17, 15) is 4.79 Å². The predicted molar refractivity (Wildman–Crippen MR) is 96.1 cm³/mol. The first-order chi connectivity index (χ1) is 11.5. The molecule has 1 N–H and O–H groups in total. The quantitative estimate of drug-likeness (QED) is 0.902. The Morgan fingerprint density at radius 1 is 1.29 bits per heavy atom. The van der Waals surface area contributed by atoms with Crippen LogP contribution in [0.15, 0.2) is 30.3 Å². The Kier molecular flexibility index (Phi) is 5.57. The third kappa shape index (κ3) is 4.58. The fraction of sp³-hybridized carbons (Fsp3) is 0.650. The summed E-state index contributed by atoms with van der Waals surface area (Å²) in [5, 5.41) is 3.30. The first-order valence-electron chi connectivity index (χ1n) is 9.25. The standard InChI is InChI=1S/C20H30N2O2/c1-20(2)14-17(10-13-24-20)21-19(23)18(15-22-11-6-7-12-22)16-8-4-3-5-9-16/h3-5,8-9,17-18H,6-7,10-15H2,1-2H3,(H,21,23)/t17-,18+/m0/s1. The summed E-state index contributed by atoms with van der Waals surface area (Å²) in [6, 6.07) is 10.4. The fourth-order valence-corrected chi connectivity index (χ4v) is 3.91. The zero-order chi connectivity index (χ0) is 17.0. The van der Waals surface area contributed by atoms with Gasteiger partial charge in [0.25, 0.3) is 0 Å². The molecule has 1 amide bonds. The van der Waals surface area contributed by atoms with Crippen LogP contribution in [-0.4, -0.2) is 48.7 Å². The molecule has 0 saturated carbocycles. The number of amides is 1. The first-order valence-corrected chi connectivity index (χ1v) is 9.25. The molecule has 0 aliphatic carbocycles. The summed E-state index contributed by atoms with van der Waals surface area (Å²) in [6.07, 6.45) is 4.28. The van der Waals surface area contributed by atoms with Crippen LogP contribution >= 0.6 is 0 Å². The molecule has 1 aromatic rings. The van der Waals surface area contributed by atoms with E-state index < -0.39 is 0 Å². The smallest absolute Gasteiger partial charge is 0.229 e. The second-order valence-electron chi connectivity index (χ2n) is 7.78. The maximum absolute atomic E-state index is 13.0. The van der Waals surface area contributed by atoms with Crippen LogP contribution in [0.25, 0.3) is 0 Å². The van der Waals surface area contributed by atoms with Crippen LogP contribution in [0.5, 0.6) is 0 Å². The van der Waals surface area contributed by atoms with Crippen molar-refractivity contribution in [1.29, 1.82) is 0 Å². The van der Waals surface area contributed by atoms with Crippen molar-refractivity contribution < 1.29 is 9.53 Å². The molecule has 2 aliphatic heterocycles. The van der Waals surface area contributed by atoms with Crippen LogP contribution in [0.3, 0.4) is 0 Å². The first kappa shape index (κ1) is 17.4. The Morgan fingerprint density at radius 3 is 2.67 bits per heavy atom. The molecule has 4 nitrogen and oxygen atoms in total. The van der Waals surface area contributed by atoms with Gasteiger partial charge in [0.2, 0.25) is 5.91 Å². The molecule has 4 heteroatoms. The van der Waals surface area contributed by atoms with Gasteiger partial charge in [-0.2, -0.15) is 0 Å². The van der Waals surface area contributed by atoms with Crippen molar-refractivity contribution in [3.8, 4) is 0 Å². The second-order valence-corrected chi connectivity index (χ2v) is 7.78. The second kappa shape index (κ2) is 7.66. The van der Waals surface area contributed by atoms with Crippen LogP contribution < -0.4 is 5.32 Å². The molecule has 0 aromatic heterocycles. The van der Waals surface area contributed by atoms with Crippen molar-refractivity contribution in [3.05, 3.63) is 35.9 Å². The van der Waals surface area contributed by atoms with Crippen molar-refractivity contribution in [2.45, 2.75) is 57.1 Å². The molecule has 0 spiro atoms. The topological polar surface area (TPSA) is 41.6 Å². The number of nitrogens with one attached hydrogen (secondary N) is 1. The molecule has 2 fully saturated rings. The molecule has 1 aromatic carbocycles. The zero-order valence-electron chi connectivity index (χ0n) is 15.0. The van der Waals surface area contributed by atoms with Gasteiger partial charge in [0.05, 0.1) is 11.5 Å². The summed E-state index contributed by atoms with van der Waals surface area (Å²) in [5.41, 5.74) is 0.973. The molecular formula is C20H30N2O2. The van der Waals surface area contributed by atoms with Gasteiger partial charge in [-0.3, -0.25) is 4.79 Å². The van der Waals surface area contributed by atoms with E-state index in [1.165, 1.54) is 12.8 Å². The molecule has 2 aliphatic rings. The highest BCUT2D eigenvalue weighted by molar-refractivity contribution is 5.84. The molecule has 0 unspecified atom stereocenters. The molecular weight excluding hydrogens is 300 g/mol. The number of carbonyl (C=O) groups excluding carboxylic acids is 1. The largest absolute Gasteiger partial charge is 0.375 e. The van der Waals surface area contributed by atoms with E-state index in [0.717, 1.165) is 44.6 Å². The van der Waals surface area contributed by atoms with Crippen LogP contribution in [-0.2, 0) is 9.53 Å². The fourth-order valence-electron chi connectivity index (χ4n) is 3.91. The van der Waals surface area contributed by atoms with Crippen LogP contribution in [0, 0.1) is 0 Å². The molecule has 132 valence electrons. The average molecular weight is 330 g/mol. The Hall–Kier alpha value is -1.39. The SMILES string of the molecule is CC1(C)C[C@@H](NC(=O)[C@H](CN2CCCC2)c2ccccc2)CCO1. The van der Waals surface area contributed by atoms with E-state index in [4.69, 9.17) is 4.74 Å². The molecule has 0 bridgehead atoms. The maximum Gasteiger partial charge on any atom is 0.229 e. The summed E-state index contributed by atoms with van der Waals surface area (Å²) in [6.45, 7) is 7.97. The lowest BCUT2D eigenvalue weighted by Crippen LogP contribution is -2.48. The Balaban J connectivity index is 1.68. The van der Waals surface area contributed by atoms with Gasteiger partial charge in [0, 0.05) is 19.2 Å². The van der Waals surface area contributed by atoms with Crippen molar-refractivity contribution in [3.63, 3.8) is 0 Å². The number of nitrogens with zero attached hydrogens (tertiary/aromatic N) is 1. The van der Waals surface area contributed by atoms with E-state index >= 15 is 0 Å². The Labute approximate surface area is 145 Å². The monoisotopic (exact) mass is 330 g/mol. The molecule has 24 heavy (non-hydrogen) atoms. The number of hydrogen-bond acceptors (Lipinski definition) is 3. The number of ether oxygens (including phenoxy) is 1. The van der Waals surface area contributed by atoms with E-state index in [1.54, 1.807) is 0 Å². The molecule has 2 atom stereocenters. The lowest BCUT2D eigenvalue weighted by atomic mass is 9.92. The van der Waals surface area contributed by atoms with Crippen molar-refractivity contribution >= 4 is 5.91 Å². The number of carbonyl (C=O) groups is 1. The van der Waals surface area contributed by atoms with E-state index in [0.29, 0.717) is 0 Å². The van der Waals surface area contributed by atoms with Crippen LogP contribution in [0.2, 0.25) is 0 Å². The summed E-state index contributed by atoms with van der Waals surface area (Å²) in [5.74, 6) is 0.0751. The Bertz CT molecular complexity index is 538. The highest BCUT2D eigenvalue weighted by Gasteiger charge is 2.32. The summed E-state index contributed by atoms with van der Waals surface area (Å²) >= 11 is 0. The minimum atomic E-state index is -0.145. The van der Waals surface area contributed by atoms with Gasteiger partial charge in [0.1, 0.15) is 0 Å². The van der Waals surface area contributed by atoms with Gasteiger partial charge in [-0.15, -0.1) is 0 Å². The van der Waals surface area contributed by atoms with Crippen molar-refractivity contribution in [2.24, 2.45) is 0 Å². The van der Waals surface area contributed by atoms with E-state index in [-0.39, 0.29) is 23.5 Å². The zero-order valence-corrected chi connectivity index (χ0v) is 15.0. The minimum Gasteiger partial charge on any atom is -0.375 e. The van der Waals surface area contributed by atoms with Crippen LogP contribution in [0.4, 0.5) is 0 Å². The average Bonchev–Trinajstić information content (AvgIpc) is 3.05. The Morgan fingerprint density at radius 2 is 2.00 bits per heavy atom. The number of likely N-dealkylation sites (tertiary alicyclic amines) is 1. The number of hydrogen-bond donors (Lipinski definition) is 1. The van der Waals surface area contributed by atoms with Crippen molar-refractivity contribution in [1.82, 2.24) is 10.2 Å². The van der Waals surface area contributed by atoms with Gasteiger partial charge in [-0.05, 0) is 58.2 Å². The van der Waals surface area contributed by atoms with Gasteiger partial charge >= 0.3 is 0 Å². The summed E-state index contributed by atoms with van der Waals surface area (Å²) in [7, 11) is 0. The molecule has 3 rings (SSSR count). The minimum absolute atomic E-state index is 0.0877. The molecule has 2 saturated heterocycles. The van der Waals surface area contributed by atoms with Gasteiger partial charge in [-0.1, -0.05) is 30.3 Å². The predicted octanol–water partition coefficient (Wildman–Crippen LogP) is 2.94. The van der Waals surface area contributed by atoms with Crippen LogP contribution in [0.1, 0.15) is 51.0 Å². The van der Waals surface area contributed by atoms with E-state index in [2.05, 4.69) is 36.2 Å².